The number of carbonyl (C=O) groups is 1. The Hall–Kier alpha value is -1.33. The molecule has 1 rings (SSSR count). The van der Waals surface area contributed by atoms with Crippen molar-refractivity contribution < 1.29 is 4.79 Å². The zero-order valence-electron chi connectivity index (χ0n) is 8.75. The second-order valence-electron chi connectivity index (χ2n) is 3.65. The van der Waals surface area contributed by atoms with Crippen molar-refractivity contribution in [3.05, 3.63) is 35.4 Å². The lowest BCUT2D eigenvalue weighted by atomic mass is 9.81. The molecule has 0 spiro atoms. The quantitative estimate of drug-likeness (QED) is 0.737. The number of carbonyl (C=O) groups excluding carboxylic acids is 1. The number of rotatable bonds is 3. The lowest BCUT2D eigenvalue weighted by Gasteiger charge is -2.23. The van der Waals surface area contributed by atoms with Gasteiger partial charge in [0.15, 0.2) is 0 Å². The van der Waals surface area contributed by atoms with Crippen LogP contribution in [0.25, 0.3) is 0 Å². The van der Waals surface area contributed by atoms with E-state index in [1.54, 1.807) is 24.3 Å². The maximum atomic E-state index is 11.4. The second-order valence-corrected chi connectivity index (χ2v) is 3.99. The molecule has 0 bridgehead atoms. The summed E-state index contributed by atoms with van der Waals surface area (Å²) in [5, 5.41) is 8.29. The van der Waals surface area contributed by atoms with Gasteiger partial charge in [0.05, 0.1) is 17.0 Å². The van der Waals surface area contributed by atoms with Gasteiger partial charge in [-0.25, -0.2) is 0 Å². The fourth-order valence-electron chi connectivity index (χ4n) is 1.37. The van der Waals surface area contributed by atoms with Gasteiger partial charge in [0.1, 0.15) is 0 Å². The van der Waals surface area contributed by atoms with Crippen LogP contribution in [0.1, 0.15) is 31.4 Å². The number of benzene rings is 1. The largest absolute Gasteiger partial charge is 0.280 e. The molecule has 0 aliphatic rings. The van der Waals surface area contributed by atoms with E-state index in [1.165, 1.54) is 0 Å². The molecule has 0 saturated carbocycles. The molecule has 0 aliphatic carbocycles. The van der Waals surface area contributed by atoms with Gasteiger partial charge in [0.2, 0.25) is 5.24 Å². The van der Waals surface area contributed by atoms with E-state index in [0.717, 1.165) is 5.56 Å². The predicted molar refractivity (Wildman–Crippen MR) is 59.7 cm³/mol. The molecule has 15 heavy (non-hydrogen) atoms. The van der Waals surface area contributed by atoms with Crippen molar-refractivity contribution in [3.8, 4) is 6.07 Å². The topological polar surface area (TPSA) is 40.9 Å². The van der Waals surface area contributed by atoms with Gasteiger partial charge in [-0.15, -0.1) is 0 Å². The summed E-state index contributed by atoms with van der Waals surface area (Å²) in [6, 6.07) is 8.99. The highest BCUT2D eigenvalue weighted by molar-refractivity contribution is 6.65. The predicted octanol–water partition coefficient (Wildman–Crippen LogP) is 2.99. The van der Waals surface area contributed by atoms with Crippen LogP contribution in [0, 0.1) is 11.3 Å². The zero-order chi connectivity index (χ0) is 11.5. The minimum Gasteiger partial charge on any atom is -0.280 e. The number of nitriles is 1. The first kappa shape index (κ1) is 11.7. The number of nitrogens with zero attached hydrogens (tertiary/aromatic N) is 1. The van der Waals surface area contributed by atoms with Crippen molar-refractivity contribution in [1.29, 1.82) is 5.26 Å². The Bertz CT molecular complexity index is 405. The lowest BCUT2D eigenvalue weighted by molar-refractivity contribution is -0.116. The van der Waals surface area contributed by atoms with Crippen LogP contribution in [0.4, 0.5) is 0 Å². The number of halogens is 1. The minimum atomic E-state index is -0.657. The Kier molecular flexibility index (Phi) is 3.49. The van der Waals surface area contributed by atoms with Gasteiger partial charge in [-0.1, -0.05) is 19.1 Å². The molecule has 78 valence electrons. The van der Waals surface area contributed by atoms with Gasteiger partial charge in [-0.3, -0.25) is 4.79 Å². The Balaban J connectivity index is 3.15. The summed E-state index contributed by atoms with van der Waals surface area (Å²) < 4.78 is 0. The molecule has 3 heteroatoms. The Morgan fingerprint density at radius 3 is 2.33 bits per heavy atom. The zero-order valence-corrected chi connectivity index (χ0v) is 9.51. The van der Waals surface area contributed by atoms with E-state index in [9.17, 15) is 4.79 Å². The van der Waals surface area contributed by atoms with E-state index in [-0.39, 0.29) is 5.24 Å². The van der Waals surface area contributed by atoms with Crippen LogP contribution in [0.3, 0.4) is 0 Å². The van der Waals surface area contributed by atoms with Gasteiger partial charge in [-0.05, 0) is 42.6 Å². The van der Waals surface area contributed by atoms with Gasteiger partial charge in [-0.2, -0.15) is 5.26 Å². The maximum absolute atomic E-state index is 11.4. The van der Waals surface area contributed by atoms with Crippen LogP contribution < -0.4 is 0 Å². The van der Waals surface area contributed by atoms with Gasteiger partial charge >= 0.3 is 0 Å². The molecule has 1 atom stereocenters. The minimum absolute atomic E-state index is 0.366. The van der Waals surface area contributed by atoms with Crippen LogP contribution in [0.15, 0.2) is 24.3 Å². The van der Waals surface area contributed by atoms with Crippen LogP contribution >= 0.6 is 11.6 Å². The average Bonchev–Trinajstić information content (AvgIpc) is 2.28. The fraction of sp³-hybridized carbons (Fsp3) is 0.333. The van der Waals surface area contributed by atoms with Crippen molar-refractivity contribution >= 4 is 16.8 Å². The average molecular weight is 222 g/mol. The van der Waals surface area contributed by atoms with Crippen molar-refractivity contribution in [2.75, 3.05) is 0 Å². The third-order valence-electron chi connectivity index (χ3n) is 2.79. The van der Waals surface area contributed by atoms with Gasteiger partial charge in [0, 0.05) is 0 Å². The highest BCUT2D eigenvalue weighted by atomic mass is 35.5. The van der Waals surface area contributed by atoms with E-state index in [2.05, 4.69) is 0 Å². The third kappa shape index (κ3) is 2.19. The van der Waals surface area contributed by atoms with Crippen LogP contribution in [-0.2, 0) is 10.2 Å². The summed E-state index contributed by atoms with van der Waals surface area (Å²) in [6.45, 7) is 3.72. The standard InChI is InChI=1S/C12H12ClNO/c1-3-12(2,11(13)15)10-6-4-9(8-14)5-7-10/h4-7H,3H2,1-2H3. The van der Waals surface area contributed by atoms with E-state index < -0.39 is 5.41 Å². The molecule has 0 saturated heterocycles. The molecule has 0 radical (unpaired) electrons. The van der Waals surface area contributed by atoms with E-state index >= 15 is 0 Å². The second kappa shape index (κ2) is 4.46. The summed E-state index contributed by atoms with van der Waals surface area (Å²) in [7, 11) is 0. The van der Waals surface area contributed by atoms with Gasteiger partial charge in [0.25, 0.3) is 0 Å². The molecule has 1 aromatic rings. The molecule has 0 amide bonds. The molecular weight excluding hydrogens is 210 g/mol. The van der Waals surface area contributed by atoms with Crippen LogP contribution in [0.5, 0.6) is 0 Å². The normalized spacial score (nSPS) is 14.0. The molecule has 0 fully saturated rings. The molecule has 0 aliphatic heterocycles. The first-order chi connectivity index (χ1) is 7.04. The Labute approximate surface area is 94.5 Å². The van der Waals surface area contributed by atoms with Crippen LogP contribution in [-0.4, -0.2) is 5.24 Å². The third-order valence-corrected chi connectivity index (χ3v) is 3.21. The molecule has 1 unspecified atom stereocenters. The Morgan fingerprint density at radius 2 is 2.00 bits per heavy atom. The van der Waals surface area contributed by atoms with E-state index in [1.807, 2.05) is 19.9 Å². The molecule has 0 heterocycles. The number of hydrogen-bond acceptors (Lipinski definition) is 2. The summed E-state index contributed by atoms with van der Waals surface area (Å²) in [5.74, 6) is 0. The monoisotopic (exact) mass is 221 g/mol. The molecular formula is C12H12ClNO. The highest BCUT2D eigenvalue weighted by Gasteiger charge is 2.31. The summed E-state index contributed by atoms with van der Waals surface area (Å²) in [4.78, 5) is 11.4. The van der Waals surface area contributed by atoms with Gasteiger partial charge < -0.3 is 0 Å². The van der Waals surface area contributed by atoms with E-state index in [0.29, 0.717) is 12.0 Å². The summed E-state index contributed by atoms with van der Waals surface area (Å²) in [6.07, 6.45) is 0.640. The first-order valence-electron chi connectivity index (χ1n) is 4.75. The van der Waals surface area contributed by atoms with Crippen molar-refractivity contribution in [1.82, 2.24) is 0 Å². The molecule has 0 N–H and O–H groups in total. The van der Waals surface area contributed by atoms with Crippen molar-refractivity contribution in [2.24, 2.45) is 0 Å². The molecule has 2 nitrogen and oxygen atoms in total. The van der Waals surface area contributed by atoms with E-state index in [4.69, 9.17) is 16.9 Å². The number of hydrogen-bond donors (Lipinski definition) is 0. The highest BCUT2D eigenvalue weighted by Crippen LogP contribution is 2.30. The molecule has 1 aromatic carbocycles. The smallest absolute Gasteiger partial charge is 0.231 e. The van der Waals surface area contributed by atoms with Crippen molar-refractivity contribution in [2.45, 2.75) is 25.7 Å². The SMILES string of the molecule is CCC(C)(C(=O)Cl)c1ccc(C#N)cc1. The fourth-order valence-corrected chi connectivity index (χ4v) is 1.61. The molecule has 0 aromatic heterocycles. The van der Waals surface area contributed by atoms with Crippen LogP contribution in [0.2, 0.25) is 0 Å². The summed E-state index contributed by atoms with van der Waals surface area (Å²) in [5.41, 5.74) is 0.776. The maximum Gasteiger partial charge on any atom is 0.231 e. The first-order valence-corrected chi connectivity index (χ1v) is 5.13. The van der Waals surface area contributed by atoms with Crippen molar-refractivity contribution in [3.63, 3.8) is 0 Å². The summed E-state index contributed by atoms with van der Waals surface area (Å²) >= 11 is 5.59. The Morgan fingerprint density at radius 1 is 1.47 bits per heavy atom. The lowest BCUT2D eigenvalue weighted by Crippen LogP contribution is -2.28.